The summed E-state index contributed by atoms with van der Waals surface area (Å²) in [6.07, 6.45) is 9.04. The Morgan fingerprint density at radius 1 is 1.06 bits per heavy atom. The van der Waals surface area contributed by atoms with E-state index in [-0.39, 0.29) is 6.29 Å². The van der Waals surface area contributed by atoms with Crippen LogP contribution in [0, 0.1) is 0 Å². The summed E-state index contributed by atoms with van der Waals surface area (Å²) in [5.74, 6) is 0. The van der Waals surface area contributed by atoms with Crippen molar-refractivity contribution in [3.63, 3.8) is 0 Å². The molecule has 3 nitrogen and oxygen atoms in total. The first-order valence-electron chi connectivity index (χ1n) is 6.56. The fourth-order valence-corrected chi connectivity index (χ4v) is 1.18. The quantitative estimate of drug-likeness (QED) is 0.268. The molecule has 0 amide bonds. The molecule has 0 aromatic carbocycles. The summed E-state index contributed by atoms with van der Waals surface area (Å²) in [7, 11) is 0. The molecule has 0 aromatic heterocycles. The van der Waals surface area contributed by atoms with Crippen molar-refractivity contribution in [2.75, 3.05) is 13.2 Å². The highest BCUT2D eigenvalue weighted by atomic mass is 16.7. The Bertz CT molecular complexity index is 161. The molecule has 0 saturated heterocycles. The van der Waals surface area contributed by atoms with Gasteiger partial charge in [0.25, 0.3) is 0 Å². The summed E-state index contributed by atoms with van der Waals surface area (Å²) in [5, 5.41) is 0. The van der Waals surface area contributed by atoms with E-state index < -0.39 is 0 Å². The number of ether oxygens (including phenoxy) is 2. The molecule has 0 radical (unpaired) electrons. The molecule has 0 aromatic rings. The molecule has 17 heavy (non-hydrogen) atoms. The van der Waals surface area contributed by atoms with Crippen LogP contribution in [0.25, 0.3) is 0 Å². The SMILES string of the molecule is CCCCC/C=C/C=O.CCOC(C)OCC. The summed E-state index contributed by atoms with van der Waals surface area (Å²) in [5.41, 5.74) is 0. The highest BCUT2D eigenvalue weighted by Gasteiger charge is 1.94. The number of carbonyl (C=O) groups excluding carboxylic acids is 1. The van der Waals surface area contributed by atoms with Crippen molar-refractivity contribution in [2.45, 2.75) is 59.7 Å². The van der Waals surface area contributed by atoms with E-state index in [1.165, 1.54) is 19.3 Å². The zero-order valence-corrected chi connectivity index (χ0v) is 11.8. The largest absolute Gasteiger partial charge is 0.353 e. The van der Waals surface area contributed by atoms with E-state index >= 15 is 0 Å². The van der Waals surface area contributed by atoms with E-state index in [1.807, 2.05) is 26.8 Å². The van der Waals surface area contributed by atoms with E-state index in [0.29, 0.717) is 0 Å². The minimum atomic E-state index is -0.0370. The van der Waals surface area contributed by atoms with Gasteiger partial charge < -0.3 is 9.47 Å². The van der Waals surface area contributed by atoms with Crippen LogP contribution in [0.1, 0.15) is 53.4 Å². The predicted molar refractivity (Wildman–Crippen MR) is 72.1 cm³/mol. The van der Waals surface area contributed by atoms with Gasteiger partial charge in [-0.1, -0.05) is 25.8 Å². The van der Waals surface area contributed by atoms with Gasteiger partial charge in [0.15, 0.2) is 6.29 Å². The molecule has 0 aliphatic rings. The first kappa shape index (κ1) is 18.7. The normalized spacial score (nSPS) is 10.4. The van der Waals surface area contributed by atoms with Crippen LogP contribution in [0.5, 0.6) is 0 Å². The van der Waals surface area contributed by atoms with Crippen LogP contribution in [-0.4, -0.2) is 25.8 Å². The molecule has 0 rings (SSSR count). The van der Waals surface area contributed by atoms with Gasteiger partial charge in [-0.25, -0.2) is 0 Å². The van der Waals surface area contributed by atoms with Gasteiger partial charge in [-0.15, -0.1) is 0 Å². The van der Waals surface area contributed by atoms with Crippen molar-refractivity contribution >= 4 is 6.29 Å². The minimum absolute atomic E-state index is 0.0370. The van der Waals surface area contributed by atoms with Gasteiger partial charge in [0, 0.05) is 13.2 Å². The van der Waals surface area contributed by atoms with Crippen molar-refractivity contribution in [2.24, 2.45) is 0 Å². The van der Waals surface area contributed by atoms with Gasteiger partial charge in [0.2, 0.25) is 0 Å². The topological polar surface area (TPSA) is 35.5 Å². The molecular formula is C14H28O3. The Morgan fingerprint density at radius 3 is 2.06 bits per heavy atom. The fraction of sp³-hybridized carbons (Fsp3) is 0.786. The second kappa shape index (κ2) is 17.7. The molecular weight excluding hydrogens is 216 g/mol. The lowest BCUT2D eigenvalue weighted by Gasteiger charge is -2.09. The maximum Gasteiger partial charge on any atom is 0.154 e. The average molecular weight is 244 g/mol. The lowest BCUT2D eigenvalue weighted by atomic mass is 10.2. The Balaban J connectivity index is 0. The van der Waals surface area contributed by atoms with Gasteiger partial charge in [-0.2, -0.15) is 0 Å². The highest BCUT2D eigenvalue weighted by Crippen LogP contribution is 1.98. The van der Waals surface area contributed by atoms with Gasteiger partial charge in [-0.3, -0.25) is 4.79 Å². The third kappa shape index (κ3) is 21.2. The fourth-order valence-electron chi connectivity index (χ4n) is 1.18. The van der Waals surface area contributed by atoms with E-state index in [9.17, 15) is 4.79 Å². The van der Waals surface area contributed by atoms with E-state index in [0.717, 1.165) is 25.9 Å². The number of hydrogen-bond donors (Lipinski definition) is 0. The number of aldehydes is 1. The Hall–Kier alpha value is -0.670. The van der Waals surface area contributed by atoms with Gasteiger partial charge in [-0.05, 0) is 39.7 Å². The summed E-state index contributed by atoms with van der Waals surface area (Å²) in [6, 6.07) is 0. The molecule has 0 saturated carbocycles. The summed E-state index contributed by atoms with van der Waals surface area (Å²) < 4.78 is 10.1. The zero-order chi connectivity index (χ0) is 13.4. The van der Waals surface area contributed by atoms with Gasteiger partial charge >= 0.3 is 0 Å². The van der Waals surface area contributed by atoms with Crippen molar-refractivity contribution in [1.29, 1.82) is 0 Å². The number of hydrogen-bond acceptors (Lipinski definition) is 3. The van der Waals surface area contributed by atoms with E-state index in [1.54, 1.807) is 6.08 Å². The molecule has 0 aliphatic carbocycles. The average Bonchev–Trinajstić information content (AvgIpc) is 2.31. The van der Waals surface area contributed by atoms with Crippen LogP contribution in [0.15, 0.2) is 12.2 Å². The zero-order valence-electron chi connectivity index (χ0n) is 11.8. The molecule has 0 N–H and O–H groups in total. The molecule has 0 spiro atoms. The molecule has 102 valence electrons. The number of allylic oxidation sites excluding steroid dienone is 2. The van der Waals surface area contributed by atoms with Crippen LogP contribution in [0.2, 0.25) is 0 Å². The summed E-state index contributed by atoms with van der Waals surface area (Å²) in [6.45, 7) is 9.42. The summed E-state index contributed by atoms with van der Waals surface area (Å²) >= 11 is 0. The Labute approximate surface area is 106 Å². The van der Waals surface area contributed by atoms with Gasteiger partial charge in [0.1, 0.15) is 6.29 Å². The van der Waals surface area contributed by atoms with Crippen LogP contribution >= 0.6 is 0 Å². The van der Waals surface area contributed by atoms with Crippen molar-refractivity contribution < 1.29 is 14.3 Å². The first-order valence-corrected chi connectivity index (χ1v) is 6.56. The maximum atomic E-state index is 9.75. The van der Waals surface area contributed by atoms with E-state index in [4.69, 9.17) is 9.47 Å². The second-order valence-corrected chi connectivity index (χ2v) is 3.54. The van der Waals surface area contributed by atoms with Crippen LogP contribution < -0.4 is 0 Å². The lowest BCUT2D eigenvalue weighted by molar-refractivity contribution is -0.123. The second-order valence-electron chi connectivity index (χ2n) is 3.54. The summed E-state index contributed by atoms with van der Waals surface area (Å²) in [4.78, 5) is 9.75. The molecule has 3 heteroatoms. The predicted octanol–water partition coefficient (Wildman–Crippen LogP) is 3.73. The molecule has 0 atom stereocenters. The number of carbonyl (C=O) groups is 1. The van der Waals surface area contributed by atoms with Gasteiger partial charge in [0.05, 0.1) is 0 Å². The number of rotatable bonds is 9. The standard InChI is InChI=1S/C8H14O.C6H14O2/c1-2-3-4-5-6-7-8-9;1-4-7-6(3)8-5-2/h6-8H,2-5H2,1H3;6H,4-5H2,1-3H3/b7-6+;. The maximum absolute atomic E-state index is 9.75. The van der Waals surface area contributed by atoms with Crippen LogP contribution in [0.3, 0.4) is 0 Å². The monoisotopic (exact) mass is 244 g/mol. The van der Waals surface area contributed by atoms with Crippen molar-refractivity contribution in [1.82, 2.24) is 0 Å². The van der Waals surface area contributed by atoms with E-state index in [2.05, 4.69) is 6.92 Å². The first-order chi connectivity index (χ1) is 8.22. The van der Waals surface area contributed by atoms with Crippen molar-refractivity contribution in [3.05, 3.63) is 12.2 Å². The lowest BCUT2D eigenvalue weighted by Crippen LogP contribution is -2.11. The smallest absolute Gasteiger partial charge is 0.154 e. The molecule has 0 aliphatic heterocycles. The molecule has 0 fully saturated rings. The molecule has 0 unspecified atom stereocenters. The van der Waals surface area contributed by atoms with Crippen molar-refractivity contribution in [3.8, 4) is 0 Å². The Kier molecular flexibility index (Phi) is 19.5. The molecule has 0 heterocycles. The van der Waals surface area contributed by atoms with Crippen LogP contribution in [-0.2, 0) is 14.3 Å². The molecule has 0 bridgehead atoms. The minimum Gasteiger partial charge on any atom is -0.353 e. The third-order valence-electron chi connectivity index (χ3n) is 1.99. The Morgan fingerprint density at radius 2 is 1.65 bits per heavy atom. The highest BCUT2D eigenvalue weighted by molar-refractivity contribution is 5.64. The number of unbranched alkanes of at least 4 members (excludes halogenated alkanes) is 3. The third-order valence-corrected chi connectivity index (χ3v) is 1.99. The van der Waals surface area contributed by atoms with Crippen LogP contribution in [0.4, 0.5) is 0 Å².